The Balaban J connectivity index is 1.18. The van der Waals surface area contributed by atoms with Gasteiger partial charge in [0.25, 0.3) is 5.92 Å². The maximum Gasteiger partial charge on any atom is 0.320 e. The van der Waals surface area contributed by atoms with Gasteiger partial charge in [-0.2, -0.15) is 8.78 Å². The Morgan fingerprint density at radius 3 is 2.44 bits per heavy atom. The maximum atomic E-state index is 14.6. The fourth-order valence-electron chi connectivity index (χ4n) is 6.43. The van der Waals surface area contributed by atoms with Crippen LogP contribution in [0.15, 0.2) is 42.6 Å². The summed E-state index contributed by atoms with van der Waals surface area (Å²) in [5.74, 6) is -3.91. The van der Waals surface area contributed by atoms with Crippen molar-refractivity contribution in [2.24, 2.45) is 17.8 Å². The van der Waals surface area contributed by atoms with Crippen LogP contribution in [-0.4, -0.2) is 64.6 Å². The van der Waals surface area contributed by atoms with Crippen LogP contribution in [0.1, 0.15) is 62.1 Å². The lowest BCUT2D eigenvalue weighted by molar-refractivity contribution is -0.143. The van der Waals surface area contributed by atoms with E-state index in [2.05, 4.69) is 14.8 Å². The van der Waals surface area contributed by atoms with Gasteiger partial charge in [-0.3, -0.25) is 14.7 Å². The summed E-state index contributed by atoms with van der Waals surface area (Å²) in [5, 5.41) is 9.95. The summed E-state index contributed by atoms with van der Waals surface area (Å²) in [6.07, 6.45) is 5.37. The molecule has 1 aromatic heterocycles. The number of halogens is 4. The first kappa shape index (κ1) is 28.0. The molecule has 9 heteroatoms. The number of piperidine rings is 1. The lowest BCUT2D eigenvalue weighted by Gasteiger charge is -2.35. The van der Waals surface area contributed by atoms with Crippen molar-refractivity contribution in [3.8, 4) is 0 Å². The topological polar surface area (TPSA) is 56.7 Å². The van der Waals surface area contributed by atoms with Crippen LogP contribution in [0.3, 0.4) is 0 Å². The molecule has 3 atom stereocenters. The molecule has 1 aliphatic carbocycles. The van der Waals surface area contributed by atoms with Crippen LogP contribution in [-0.2, 0) is 10.7 Å². The Morgan fingerprint density at radius 2 is 1.79 bits per heavy atom. The number of rotatable bonds is 11. The third-order valence-electron chi connectivity index (χ3n) is 8.89. The molecule has 1 saturated carbocycles. The molecular formula is C30H37F4N3O2. The van der Waals surface area contributed by atoms with E-state index in [4.69, 9.17) is 0 Å². The Bertz CT molecular complexity index is 1120. The summed E-state index contributed by atoms with van der Waals surface area (Å²) in [6.45, 7) is 3.61. The van der Waals surface area contributed by atoms with E-state index in [-0.39, 0.29) is 30.0 Å². The molecule has 3 aliphatic rings. The molecule has 0 bridgehead atoms. The summed E-state index contributed by atoms with van der Waals surface area (Å²) in [5.41, 5.74) is 0.515. The van der Waals surface area contributed by atoms with Crippen LogP contribution in [0.2, 0.25) is 0 Å². The maximum absolute atomic E-state index is 14.6. The van der Waals surface area contributed by atoms with E-state index in [1.165, 1.54) is 6.07 Å². The summed E-state index contributed by atoms with van der Waals surface area (Å²) in [7, 11) is 0. The number of alkyl halides is 2. The van der Waals surface area contributed by atoms with E-state index < -0.39 is 29.4 Å². The van der Waals surface area contributed by atoms with Crippen molar-refractivity contribution in [1.82, 2.24) is 14.8 Å². The molecule has 0 unspecified atom stereocenters. The third-order valence-corrected chi connectivity index (χ3v) is 8.89. The number of hydrogen-bond acceptors (Lipinski definition) is 4. The lowest BCUT2D eigenvalue weighted by atomic mass is 9.86. The smallest absolute Gasteiger partial charge is 0.320 e. The number of benzene rings is 1. The van der Waals surface area contributed by atoms with Crippen LogP contribution >= 0.6 is 0 Å². The first-order valence-electron chi connectivity index (χ1n) is 14.1. The fourth-order valence-corrected chi connectivity index (χ4v) is 6.43. The molecule has 2 aliphatic heterocycles. The number of pyridine rings is 1. The number of hydrogen-bond donors (Lipinski definition) is 1. The van der Waals surface area contributed by atoms with Crippen molar-refractivity contribution < 1.29 is 27.5 Å². The predicted octanol–water partition coefficient (Wildman–Crippen LogP) is 5.91. The zero-order valence-electron chi connectivity index (χ0n) is 22.1. The Kier molecular flexibility index (Phi) is 8.57. The molecular weight excluding hydrogens is 510 g/mol. The van der Waals surface area contributed by atoms with E-state index in [1.807, 2.05) is 6.07 Å². The molecule has 1 N–H and O–H groups in total. The molecule has 3 fully saturated rings. The van der Waals surface area contributed by atoms with E-state index in [0.717, 1.165) is 69.2 Å². The van der Waals surface area contributed by atoms with Crippen LogP contribution in [0.25, 0.3) is 0 Å². The molecule has 212 valence electrons. The molecule has 0 spiro atoms. The second kappa shape index (κ2) is 11.9. The summed E-state index contributed by atoms with van der Waals surface area (Å²) < 4.78 is 56.4. The molecule has 1 aromatic carbocycles. The van der Waals surface area contributed by atoms with Gasteiger partial charge in [0.15, 0.2) is 0 Å². The minimum Gasteiger partial charge on any atom is -0.480 e. The molecule has 39 heavy (non-hydrogen) atoms. The standard InChI is InChI=1S/C30H37F4N3O2/c31-24-3-1-2-22(15-24)26-19-37(27(29(38)39)14-21-4-5-21)18-23(26)17-36-12-9-20(10-13-36)8-11-30(33,34)28-7-6-25(32)16-35-28/h1-3,6-7,15-16,20-21,23,26-27H,4-5,8-14,17-19H2,(H,38,39)/t23-,26+,27+/m0/s1. The van der Waals surface area contributed by atoms with E-state index in [0.29, 0.717) is 31.8 Å². The molecule has 5 rings (SSSR count). The Morgan fingerprint density at radius 1 is 1.03 bits per heavy atom. The normalized spacial score (nSPS) is 24.2. The number of likely N-dealkylation sites (tertiary alicyclic amines) is 2. The number of nitrogens with zero attached hydrogens (tertiary/aromatic N) is 3. The highest BCUT2D eigenvalue weighted by atomic mass is 19.3. The van der Waals surface area contributed by atoms with Crippen LogP contribution in [0.5, 0.6) is 0 Å². The number of carboxylic acids is 1. The van der Waals surface area contributed by atoms with Crippen molar-refractivity contribution in [3.63, 3.8) is 0 Å². The van der Waals surface area contributed by atoms with Crippen molar-refractivity contribution in [2.75, 3.05) is 32.7 Å². The second-order valence-electron chi connectivity index (χ2n) is 11.8. The molecule has 2 aromatic rings. The van der Waals surface area contributed by atoms with E-state index >= 15 is 0 Å². The SMILES string of the molecule is O=C(O)[C@@H](CC1CC1)N1C[C@H](CN2CCC(CCC(F)(F)c3ccc(F)cn3)CC2)[C@@H](c2cccc(F)c2)C1. The fraction of sp³-hybridized carbons (Fsp3) is 0.600. The third kappa shape index (κ3) is 7.17. The Hall–Kier alpha value is -2.52. The average Bonchev–Trinajstić information content (AvgIpc) is 3.65. The van der Waals surface area contributed by atoms with Gasteiger partial charge in [0, 0.05) is 32.0 Å². The minimum absolute atomic E-state index is 0.0429. The van der Waals surface area contributed by atoms with Crippen LogP contribution in [0.4, 0.5) is 17.6 Å². The van der Waals surface area contributed by atoms with Crippen LogP contribution in [0, 0.1) is 29.4 Å². The summed E-state index contributed by atoms with van der Waals surface area (Å²) in [6, 6.07) is 8.20. The van der Waals surface area contributed by atoms with Gasteiger partial charge in [0.1, 0.15) is 23.4 Å². The van der Waals surface area contributed by atoms with Gasteiger partial charge in [-0.05, 0) is 86.4 Å². The number of carboxylic acid groups (broad SMARTS) is 1. The van der Waals surface area contributed by atoms with Gasteiger partial charge >= 0.3 is 5.97 Å². The minimum atomic E-state index is -3.09. The number of carbonyl (C=O) groups is 1. The van der Waals surface area contributed by atoms with Gasteiger partial charge in [0.2, 0.25) is 0 Å². The van der Waals surface area contributed by atoms with Crippen molar-refractivity contribution >= 4 is 5.97 Å². The molecule has 2 saturated heterocycles. The first-order chi connectivity index (χ1) is 18.7. The molecule has 0 radical (unpaired) electrons. The zero-order valence-corrected chi connectivity index (χ0v) is 22.1. The molecule has 5 nitrogen and oxygen atoms in total. The number of aromatic nitrogens is 1. The predicted molar refractivity (Wildman–Crippen MR) is 139 cm³/mol. The number of aliphatic carboxylic acids is 1. The van der Waals surface area contributed by atoms with Crippen molar-refractivity contribution in [2.45, 2.75) is 62.8 Å². The highest BCUT2D eigenvalue weighted by molar-refractivity contribution is 5.73. The van der Waals surface area contributed by atoms with Gasteiger partial charge in [-0.15, -0.1) is 0 Å². The van der Waals surface area contributed by atoms with Gasteiger partial charge in [0.05, 0.1) is 6.20 Å². The van der Waals surface area contributed by atoms with Crippen molar-refractivity contribution in [1.29, 1.82) is 0 Å². The lowest BCUT2D eigenvalue weighted by Crippen LogP contribution is -2.42. The Labute approximate surface area is 227 Å². The zero-order chi connectivity index (χ0) is 27.6. The highest BCUT2D eigenvalue weighted by Crippen LogP contribution is 2.40. The van der Waals surface area contributed by atoms with E-state index in [9.17, 15) is 27.5 Å². The monoisotopic (exact) mass is 547 g/mol. The van der Waals surface area contributed by atoms with E-state index in [1.54, 1.807) is 12.1 Å². The van der Waals surface area contributed by atoms with Gasteiger partial charge in [-0.1, -0.05) is 25.0 Å². The largest absolute Gasteiger partial charge is 0.480 e. The van der Waals surface area contributed by atoms with Gasteiger partial charge in [-0.25, -0.2) is 8.78 Å². The first-order valence-corrected chi connectivity index (χ1v) is 14.1. The average molecular weight is 548 g/mol. The van der Waals surface area contributed by atoms with Crippen molar-refractivity contribution in [3.05, 3.63) is 65.5 Å². The highest BCUT2D eigenvalue weighted by Gasteiger charge is 2.42. The summed E-state index contributed by atoms with van der Waals surface area (Å²) in [4.78, 5) is 20.1. The second-order valence-corrected chi connectivity index (χ2v) is 11.8. The quantitative estimate of drug-likeness (QED) is 0.355. The summed E-state index contributed by atoms with van der Waals surface area (Å²) >= 11 is 0. The van der Waals surface area contributed by atoms with Crippen LogP contribution < -0.4 is 0 Å². The molecule has 0 amide bonds. The molecule has 3 heterocycles. The van der Waals surface area contributed by atoms with Gasteiger partial charge < -0.3 is 10.0 Å².